The van der Waals surface area contributed by atoms with Gasteiger partial charge in [0.1, 0.15) is 0 Å². The Labute approximate surface area is 323 Å². The molecule has 0 radical (unpaired) electrons. The van der Waals surface area contributed by atoms with E-state index in [-0.39, 0.29) is 5.92 Å². The third kappa shape index (κ3) is 5.29. The fraction of sp³-hybridized carbons (Fsp3) is 0.0392. The summed E-state index contributed by atoms with van der Waals surface area (Å²) >= 11 is 1.87. The highest BCUT2D eigenvalue weighted by Crippen LogP contribution is 2.44. The van der Waals surface area contributed by atoms with Gasteiger partial charge in [-0.15, -0.1) is 11.3 Å². The largest absolute Gasteiger partial charge is 0.314 e. The third-order valence-electron chi connectivity index (χ3n) is 11.2. The van der Waals surface area contributed by atoms with Gasteiger partial charge in [0.15, 0.2) is 0 Å². The van der Waals surface area contributed by atoms with Crippen LogP contribution in [-0.2, 0) is 0 Å². The molecule has 1 aliphatic carbocycles. The van der Waals surface area contributed by atoms with Crippen molar-refractivity contribution in [2.75, 3.05) is 4.90 Å². The van der Waals surface area contributed by atoms with Gasteiger partial charge in [-0.05, 0) is 102 Å². The molecular weight excluding hydrogens is 687 g/mol. The van der Waals surface area contributed by atoms with Gasteiger partial charge in [0.25, 0.3) is 0 Å². The maximum atomic E-state index is 4.65. The van der Waals surface area contributed by atoms with E-state index < -0.39 is 0 Å². The van der Waals surface area contributed by atoms with E-state index >= 15 is 0 Å². The lowest BCUT2D eigenvalue weighted by Gasteiger charge is -2.33. The molecule has 3 heterocycles. The van der Waals surface area contributed by atoms with Gasteiger partial charge in [-0.2, -0.15) is 0 Å². The summed E-state index contributed by atoms with van der Waals surface area (Å²) < 4.78 is 5.10. The summed E-state index contributed by atoms with van der Waals surface area (Å²) in [5.41, 5.74) is 13.1. The smallest absolute Gasteiger partial charge is 0.0555 e. The van der Waals surface area contributed by atoms with E-state index in [1.165, 1.54) is 75.6 Å². The molecule has 11 rings (SSSR count). The second-order valence-corrected chi connectivity index (χ2v) is 15.4. The number of benzene rings is 7. The zero-order valence-corrected chi connectivity index (χ0v) is 30.8. The van der Waals surface area contributed by atoms with Gasteiger partial charge in [0.05, 0.1) is 22.4 Å². The highest BCUT2D eigenvalue weighted by atomic mass is 32.1. The summed E-state index contributed by atoms with van der Waals surface area (Å²) in [7, 11) is 0. The number of aromatic nitrogens is 1. The van der Waals surface area contributed by atoms with Crippen molar-refractivity contribution in [3.05, 3.63) is 199 Å². The molecule has 2 aromatic heterocycles. The van der Waals surface area contributed by atoms with Gasteiger partial charge in [-0.1, -0.05) is 109 Å². The summed E-state index contributed by atoms with van der Waals surface area (Å²) in [5, 5.41) is 5.13. The lowest BCUT2D eigenvalue weighted by molar-refractivity contribution is 0.709. The van der Waals surface area contributed by atoms with Crippen LogP contribution >= 0.6 is 11.3 Å². The van der Waals surface area contributed by atoms with Crippen molar-refractivity contribution in [1.29, 1.82) is 0 Å². The molecule has 7 aromatic carbocycles. The third-order valence-corrected chi connectivity index (χ3v) is 12.3. The molecule has 1 aliphatic heterocycles. The maximum Gasteiger partial charge on any atom is 0.0555 e. The van der Waals surface area contributed by atoms with Crippen LogP contribution in [-0.4, -0.2) is 10.8 Å². The van der Waals surface area contributed by atoms with E-state index in [4.69, 9.17) is 0 Å². The number of nitrogens with zero attached hydrogens (tertiary/aromatic N) is 3. The molecule has 3 nitrogen and oxygen atoms in total. The normalized spacial score (nSPS) is 15.1. The Morgan fingerprint density at radius 1 is 0.582 bits per heavy atom. The van der Waals surface area contributed by atoms with E-state index in [0.29, 0.717) is 0 Å². The topological polar surface area (TPSA) is 20.5 Å². The lowest BCUT2D eigenvalue weighted by atomic mass is 9.91. The van der Waals surface area contributed by atoms with Crippen LogP contribution in [0.3, 0.4) is 0 Å². The molecule has 2 aliphatic rings. The highest BCUT2D eigenvalue weighted by molar-refractivity contribution is 7.25. The predicted octanol–water partition coefficient (Wildman–Crippen LogP) is 14.1. The van der Waals surface area contributed by atoms with Crippen molar-refractivity contribution in [3.8, 4) is 27.9 Å². The number of fused-ring (bicyclic) bond motifs is 7. The summed E-state index contributed by atoms with van der Waals surface area (Å²) in [5.74, 6) is 0.269. The number of para-hydroxylation sites is 3. The Morgan fingerprint density at radius 3 is 2.27 bits per heavy atom. The second-order valence-electron chi connectivity index (χ2n) is 14.3. The Hall–Kier alpha value is -6.75. The lowest BCUT2D eigenvalue weighted by Crippen LogP contribution is -2.22. The fourth-order valence-corrected chi connectivity index (χ4v) is 9.78. The Kier molecular flexibility index (Phi) is 7.49. The summed E-state index contributed by atoms with van der Waals surface area (Å²) in [4.78, 5) is 7.08. The molecule has 4 heteroatoms. The average Bonchev–Trinajstić information content (AvgIpc) is 3.80. The molecule has 0 saturated heterocycles. The Bertz CT molecular complexity index is 3080. The SMILES string of the molecule is C1=CC2CC(N(c3ccccc3)c3ccccc3-c3cccc(-c4ccc5c(c4)c4ccccc4n5-c4cccc5sc6ccccc6c45)c3)=CC=C2N=C1. The van der Waals surface area contributed by atoms with Crippen molar-refractivity contribution in [3.63, 3.8) is 0 Å². The molecular formula is C51H35N3S. The molecule has 1 atom stereocenters. The first kappa shape index (κ1) is 31.7. The molecule has 0 N–H and O–H groups in total. The standard InChI is InChI=1S/C51H35N3S/c1-2-16-38(17-3-1)53(39-27-28-44-37(32-39)15-12-30-52-44)45-21-7-4-18-40(45)36-14-10-13-34(31-36)35-26-29-47-43(33-35)41-19-5-8-22-46(41)54(47)48-23-11-25-50-51(48)42-20-6-9-24-49(42)55-50/h1-31,33,37H,32H2. The first-order chi connectivity index (χ1) is 27.3. The minimum atomic E-state index is 0.269. The van der Waals surface area contributed by atoms with E-state index in [0.717, 1.165) is 23.5 Å². The first-order valence-corrected chi connectivity index (χ1v) is 19.7. The van der Waals surface area contributed by atoms with Crippen molar-refractivity contribution < 1.29 is 0 Å². The van der Waals surface area contributed by atoms with Crippen LogP contribution in [0.25, 0.3) is 69.9 Å². The van der Waals surface area contributed by atoms with Crippen LogP contribution in [0.4, 0.5) is 11.4 Å². The van der Waals surface area contributed by atoms with E-state index in [9.17, 15) is 0 Å². The van der Waals surface area contributed by atoms with Crippen LogP contribution in [0, 0.1) is 5.92 Å². The van der Waals surface area contributed by atoms with Crippen molar-refractivity contribution in [1.82, 2.24) is 4.57 Å². The number of thiophene rings is 1. The Morgan fingerprint density at radius 2 is 1.33 bits per heavy atom. The fourth-order valence-electron chi connectivity index (χ4n) is 8.66. The van der Waals surface area contributed by atoms with E-state index in [1.54, 1.807) is 0 Å². The zero-order valence-electron chi connectivity index (χ0n) is 30.0. The molecule has 0 bridgehead atoms. The number of aliphatic imine (C=N–C) groups is 1. The van der Waals surface area contributed by atoms with Gasteiger partial charge in [0, 0.05) is 65.7 Å². The first-order valence-electron chi connectivity index (χ1n) is 18.9. The minimum absolute atomic E-state index is 0.269. The summed E-state index contributed by atoms with van der Waals surface area (Å²) in [6.07, 6.45) is 11.5. The molecule has 0 spiro atoms. The van der Waals surface area contributed by atoms with Gasteiger partial charge >= 0.3 is 0 Å². The maximum absolute atomic E-state index is 4.65. The molecule has 9 aromatic rings. The molecule has 0 saturated carbocycles. The van der Waals surface area contributed by atoms with Gasteiger partial charge < -0.3 is 9.47 Å². The molecule has 55 heavy (non-hydrogen) atoms. The summed E-state index contributed by atoms with van der Waals surface area (Å²) in [6.45, 7) is 0. The van der Waals surface area contributed by atoms with Crippen LogP contribution < -0.4 is 4.90 Å². The number of rotatable bonds is 6. The zero-order chi connectivity index (χ0) is 36.3. The van der Waals surface area contributed by atoms with Gasteiger partial charge in [0.2, 0.25) is 0 Å². The highest BCUT2D eigenvalue weighted by Gasteiger charge is 2.25. The number of dihydropyridines is 1. The minimum Gasteiger partial charge on any atom is -0.314 e. The monoisotopic (exact) mass is 721 g/mol. The Balaban J connectivity index is 1.04. The molecule has 0 amide bonds. The van der Waals surface area contributed by atoms with Gasteiger partial charge in [-0.25, -0.2) is 0 Å². The second kappa shape index (κ2) is 13.0. The molecule has 260 valence electrons. The van der Waals surface area contributed by atoms with Crippen LogP contribution in [0.2, 0.25) is 0 Å². The summed E-state index contributed by atoms with van der Waals surface area (Å²) in [6, 6.07) is 59.9. The average molecular weight is 722 g/mol. The molecule has 1 unspecified atom stereocenters. The van der Waals surface area contributed by atoms with Crippen LogP contribution in [0.1, 0.15) is 6.42 Å². The van der Waals surface area contributed by atoms with Crippen LogP contribution in [0.5, 0.6) is 0 Å². The number of hydrogen-bond acceptors (Lipinski definition) is 3. The van der Waals surface area contributed by atoms with Crippen molar-refractivity contribution in [2.24, 2.45) is 10.9 Å². The number of allylic oxidation sites excluding steroid dienone is 5. The van der Waals surface area contributed by atoms with Gasteiger partial charge in [-0.3, -0.25) is 4.99 Å². The molecule has 0 fully saturated rings. The quantitative estimate of drug-likeness (QED) is 0.167. The van der Waals surface area contributed by atoms with Crippen molar-refractivity contribution in [2.45, 2.75) is 6.42 Å². The van der Waals surface area contributed by atoms with E-state index in [1.807, 2.05) is 17.6 Å². The van der Waals surface area contributed by atoms with Crippen LogP contribution in [0.15, 0.2) is 204 Å². The van der Waals surface area contributed by atoms with Crippen molar-refractivity contribution >= 4 is 70.9 Å². The predicted molar refractivity (Wildman–Crippen MR) is 235 cm³/mol. The number of hydrogen-bond donors (Lipinski definition) is 0. The van der Waals surface area contributed by atoms with E-state index in [2.05, 4.69) is 203 Å². The number of anilines is 2.